The van der Waals surface area contributed by atoms with Gasteiger partial charge in [0.05, 0.1) is 16.7 Å². The molecule has 0 saturated heterocycles. The van der Waals surface area contributed by atoms with Gasteiger partial charge in [0.2, 0.25) is 0 Å². The first-order valence-corrected chi connectivity index (χ1v) is 13.4. The predicted molar refractivity (Wildman–Crippen MR) is 156 cm³/mol. The van der Waals surface area contributed by atoms with Crippen molar-refractivity contribution in [2.45, 2.75) is 39.5 Å². The van der Waals surface area contributed by atoms with Crippen LogP contribution in [-0.2, 0) is 12.8 Å². The molecule has 38 heavy (non-hydrogen) atoms. The molecular formula is C33H27N5. The SMILES string of the molecule is Cc1nc2c3cnccc3c3cc(-c4ccc5c6c(ccc5c4)-c4nc(C(C)C)[nH]c4CC6)ccc3c2[nH]1. The standard InChI is InChI=1S/C33H27N5/c1-17(2)33-37-29-11-10-23-22-7-4-19(14-21(22)6-9-25(23)30(29)38-33)20-5-8-26-27(15-20)24-12-13-34-16-28(24)32-31(26)35-18(3)36-32/h4-9,12-17H,10-11H2,1-3H3,(H,35,36)(H,37,38). The Morgan fingerprint density at radius 2 is 1.61 bits per heavy atom. The van der Waals surface area contributed by atoms with Gasteiger partial charge in [-0.15, -0.1) is 0 Å². The van der Waals surface area contributed by atoms with Crippen molar-refractivity contribution >= 4 is 43.4 Å². The molecule has 0 spiro atoms. The number of H-pyrrole nitrogens is 2. The molecule has 0 saturated carbocycles. The first-order chi connectivity index (χ1) is 18.5. The molecule has 0 aliphatic heterocycles. The Balaban J connectivity index is 1.29. The Bertz CT molecular complexity index is 2080. The summed E-state index contributed by atoms with van der Waals surface area (Å²) in [6.45, 7) is 6.39. The largest absolute Gasteiger partial charge is 0.345 e. The number of pyridine rings is 1. The molecule has 7 aromatic rings. The van der Waals surface area contributed by atoms with E-state index in [2.05, 4.69) is 83.4 Å². The number of nitrogens with one attached hydrogen (secondary N) is 2. The molecular weight excluding hydrogens is 466 g/mol. The lowest BCUT2D eigenvalue weighted by molar-refractivity contribution is 0.787. The minimum atomic E-state index is 0.399. The highest BCUT2D eigenvalue weighted by Gasteiger charge is 2.23. The van der Waals surface area contributed by atoms with Crippen LogP contribution in [0.4, 0.5) is 0 Å². The topological polar surface area (TPSA) is 70.2 Å². The third kappa shape index (κ3) is 3.02. The first-order valence-electron chi connectivity index (χ1n) is 13.4. The molecule has 0 amide bonds. The monoisotopic (exact) mass is 493 g/mol. The van der Waals surface area contributed by atoms with Gasteiger partial charge in [-0.1, -0.05) is 50.2 Å². The fourth-order valence-corrected chi connectivity index (χ4v) is 6.29. The molecule has 3 aromatic heterocycles. The Labute approximate surface area is 220 Å². The van der Waals surface area contributed by atoms with Crippen molar-refractivity contribution in [3.05, 3.63) is 89.9 Å². The molecule has 4 aromatic carbocycles. The molecule has 0 atom stereocenters. The molecule has 5 nitrogen and oxygen atoms in total. The zero-order valence-electron chi connectivity index (χ0n) is 21.7. The van der Waals surface area contributed by atoms with Gasteiger partial charge in [-0.2, -0.15) is 0 Å². The van der Waals surface area contributed by atoms with Crippen LogP contribution in [0, 0.1) is 6.92 Å². The van der Waals surface area contributed by atoms with Crippen LogP contribution in [0.25, 0.3) is 65.7 Å². The van der Waals surface area contributed by atoms with E-state index in [1.165, 1.54) is 54.9 Å². The van der Waals surface area contributed by atoms with E-state index >= 15 is 0 Å². The van der Waals surface area contributed by atoms with Gasteiger partial charge >= 0.3 is 0 Å². The van der Waals surface area contributed by atoms with E-state index in [9.17, 15) is 0 Å². The number of benzene rings is 4. The van der Waals surface area contributed by atoms with Crippen LogP contribution in [0.15, 0.2) is 67.0 Å². The minimum absolute atomic E-state index is 0.399. The van der Waals surface area contributed by atoms with Crippen molar-refractivity contribution in [2.24, 2.45) is 0 Å². The number of imidazole rings is 2. The van der Waals surface area contributed by atoms with Crippen LogP contribution in [0.1, 0.15) is 42.7 Å². The van der Waals surface area contributed by atoms with Crippen LogP contribution in [0.3, 0.4) is 0 Å². The van der Waals surface area contributed by atoms with E-state index < -0.39 is 0 Å². The summed E-state index contributed by atoms with van der Waals surface area (Å²) in [7, 11) is 0. The highest BCUT2D eigenvalue weighted by atomic mass is 14.9. The van der Waals surface area contributed by atoms with E-state index in [1.54, 1.807) is 0 Å². The fourth-order valence-electron chi connectivity index (χ4n) is 6.29. The number of hydrogen-bond donors (Lipinski definition) is 2. The number of aryl methyl sites for hydroxylation is 3. The number of hydrogen-bond acceptors (Lipinski definition) is 3. The third-order valence-electron chi connectivity index (χ3n) is 8.17. The summed E-state index contributed by atoms with van der Waals surface area (Å²) in [4.78, 5) is 21.2. The summed E-state index contributed by atoms with van der Waals surface area (Å²) in [6.07, 6.45) is 5.84. The van der Waals surface area contributed by atoms with Crippen molar-refractivity contribution in [1.29, 1.82) is 0 Å². The van der Waals surface area contributed by atoms with Crippen molar-refractivity contribution < 1.29 is 0 Å². The number of aromatic nitrogens is 5. The van der Waals surface area contributed by atoms with Gasteiger partial charge in [-0.3, -0.25) is 4.98 Å². The van der Waals surface area contributed by atoms with Gasteiger partial charge < -0.3 is 9.97 Å². The highest BCUT2D eigenvalue weighted by molar-refractivity contribution is 6.23. The maximum Gasteiger partial charge on any atom is 0.109 e. The van der Waals surface area contributed by atoms with Gasteiger partial charge in [0.15, 0.2) is 0 Å². The second kappa shape index (κ2) is 7.75. The van der Waals surface area contributed by atoms with Gasteiger partial charge in [0.1, 0.15) is 11.6 Å². The molecule has 184 valence electrons. The van der Waals surface area contributed by atoms with Crippen molar-refractivity contribution in [3.8, 4) is 22.4 Å². The lowest BCUT2D eigenvalue weighted by Crippen LogP contribution is -2.04. The maximum absolute atomic E-state index is 4.97. The average Bonchev–Trinajstić information content (AvgIpc) is 3.56. The Morgan fingerprint density at radius 1 is 0.763 bits per heavy atom. The van der Waals surface area contributed by atoms with E-state index in [1.807, 2.05) is 19.3 Å². The van der Waals surface area contributed by atoms with Crippen LogP contribution in [0.2, 0.25) is 0 Å². The third-order valence-corrected chi connectivity index (χ3v) is 8.17. The number of fused-ring (bicyclic) bond motifs is 11. The fraction of sp³-hybridized carbons (Fsp3) is 0.182. The average molecular weight is 494 g/mol. The molecule has 8 rings (SSSR count). The minimum Gasteiger partial charge on any atom is -0.345 e. The second-order valence-electron chi connectivity index (χ2n) is 10.9. The highest BCUT2D eigenvalue weighted by Crippen LogP contribution is 2.40. The first kappa shape index (κ1) is 21.6. The molecule has 0 radical (unpaired) electrons. The van der Waals surface area contributed by atoms with Gasteiger partial charge in [-0.05, 0) is 76.2 Å². The summed E-state index contributed by atoms with van der Waals surface area (Å²) in [6, 6.07) is 20.3. The lowest BCUT2D eigenvalue weighted by atomic mass is 9.87. The molecule has 0 fully saturated rings. The Hall–Kier alpha value is -4.51. The molecule has 5 heteroatoms. The quantitative estimate of drug-likeness (QED) is 0.240. The maximum atomic E-state index is 4.97. The zero-order valence-corrected chi connectivity index (χ0v) is 21.7. The summed E-state index contributed by atoms with van der Waals surface area (Å²) in [5.74, 6) is 2.40. The summed E-state index contributed by atoms with van der Waals surface area (Å²) >= 11 is 0. The Kier molecular flexibility index (Phi) is 4.40. The van der Waals surface area contributed by atoms with E-state index in [0.717, 1.165) is 46.6 Å². The predicted octanol–water partition coefficient (Wildman–Crippen LogP) is 8.01. The van der Waals surface area contributed by atoms with Gasteiger partial charge in [-0.25, -0.2) is 9.97 Å². The number of aromatic amines is 2. The number of rotatable bonds is 2. The molecule has 0 unspecified atom stereocenters. The second-order valence-corrected chi connectivity index (χ2v) is 10.9. The van der Waals surface area contributed by atoms with Crippen LogP contribution < -0.4 is 0 Å². The van der Waals surface area contributed by atoms with E-state index in [-0.39, 0.29) is 0 Å². The van der Waals surface area contributed by atoms with Crippen LogP contribution >= 0.6 is 0 Å². The van der Waals surface area contributed by atoms with Gasteiger partial charge in [0, 0.05) is 40.3 Å². The summed E-state index contributed by atoms with van der Waals surface area (Å²) in [5, 5.41) is 7.28. The molecule has 1 aliphatic rings. The Morgan fingerprint density at radius 3 is 2.47 bits per heavy atom. The van der Waals surface area contributed by atoms with Crippen molar-refractivity contribution in [2.75, 3.05) is 0 Å². The van der Waals surface area contributed by atoms with Gasteiger partial charge in [0.25, 0.3) is 0 Å². The molecule has 1 aliphatic carbocycles. The molecule has 0 bridgehead atoms. The normalized spacial score (nSPS) is 13.2. The summed E-state index contributed by atoms with van der Waals surface area (Å²) < 4.78 is 0. The molecule has 3 heterocycles. The van der Waals surface area contributed by atoms with E-state index in [0.29, 0.717) is 5.92 Å². The zero-order chi connectivity index (χ0) is 25.5. The van der Waals surface area contributed by atoms with Crippen molar-refractivity contribution in [1.82, 2.24) is 24.9 Å². The lowest BCUT2D eigenvalue weighted by Gasteiger charge is -2.18. The summed E-state index contributed by atoms with van der Waals surface area (Å²) in [5.41, 5.74) is 9.60. The van der Waals surface area contributed by atoms with Crippen LogP contribution in [-0.4, -0.2) is 24.9 Å². The van der Waals surface area contributed by atoms with Crippen LogP contribution in [0.5, 0.6) is 0 Å². The molecule has 2 N–H and O–H groups in total. The van der Waals surface area contributed by atoms with E-state index in [4.69, 9.17) is 9.97 Å². The smallest absolute Gasteiger partial charge is 0.109 e. The number of nitrogens with zero attached hydrogens (tertiary/aromatic N) is 3. The van der Waals surface area contributed by atoms with Crippen molar-refractivity contribution in [3.63, 3.8) is 0 Å².